The van der Waals surface area contributed by atoms with Crippen LogP contribution >= 0.6 is 11.3 Å². The van der Waals surface area contributed by atoms with Crippen LogP contribution in [0.4, 0.5) is 8.78 Å². The summed E-state index contributed by atoms with van der Waals surface area (Å²) in [6, 6.07) is 13.0. The lowest BCUT2D eigenvalue weighted by molar-refractivity contribution is -0.140. The molecule has 4 rings (SSSR count). The van der Waals surface area contributed by atoms with E-state index in [9.17, 15) is 23.5 Å². The van der Waals surface area contributed by atoms with Crippen LogP contribution in [0.2, 0.25) is 0 Å². The summed E-state index contributed by atoms with van der Waals surface area (Å²) in [5, 5.41) is 12.7. The molecule has 1 aliphatic rings. The van der Waals surface area contributed by atoms with Gasteiger partial charge in [-0.3, -0.25) is 9.59 Å². The highest BCUT2D eigenvalue weighted by atomic mass is 32.1. The van der Waals surface area contributed by atoms with Crippen LogP contribution in [0, 0.1) is 18.6 Å². The smallest absolute Gasteiger partial charge is 0.295 e. The summed E-state index contributed by atoms with van der Waals surface area (Å²) in [6.45, 7) is 2.10. The predicted octanol–water partition coefficient (Wildman–Crippen LogP) is 4.96. The Balaban J connectivity index is 1.87. The first-order valence-electron chi connectivity index (χ1n) is 9.19. The largest absolute Gasteiger partial charge is 0.507 e. The van der Waals surface area contributed by atoms with E-state index < -0.39 is 35.1 Å². The number of hydrogen-bond donors (Lipinski definition) is 1. The fourth-order valence-electron chi connectivity index (χ4n) is 3.51. The number of thiophene rings is 1. The summed E-state index contributed by atoms with van der Waals surface area (Å²) >= 11 is 1.45. The van der Waals surface area contributed by atoms with E-state index in [1.54, 1.807) is 12.1 Å². The molecule has 152 valence electrons. The molecule has 3 aromatic rings. The molecular weight excluding hydrogens is 408 g/mol. The SMILES string of the molecule is Cc1ccc(C2/C(=C(\O)c3ccc(F)c(F)c3)C(=O)C(=O)N2Cc2cccs2)cc1. The number of aryl methyl sites for hydroxylation is 1. The maximum atomic E-state index is 13.7. The first-order valence-corrected chi connectivity index (χ1v) is 10.1. The number of carbonyl (C=O) groups excluding carboxylic acids is 2. The topological polar surface area (TPSA) is 57.6 Å². The molecule has 2 aromatic carbocycles. The number of carbonyl (C=O) groups is 2. The Labute approximate surface area is 175 Å². The average molecular weight is 425 g/mol. The Hall–Kier alpha value is -3.32. The quantitative estimate of drug-likeness (QED) is 0.365. The van der Waals surface area contributed by atoms with Crippen molar-refractivity contribution in [1.29, 1.82) is 0 Å². The van der Waals surface area contributed by atoms with Gasteiger partial charge in [-0.1, -0.05) is 35.9 Å². The van der Waals surface area contributed by atoms with Gasteiger partial charge in [-0.2, -0.15) is 0 Å². The number of hydrogen-bond acceptors (Lipinski definition) is 4. The van der Waals surface area contributed by atoms with Crippen LogP contribution in [-0.2, 0) is 16.1 Å². The van der Waals surface area contributed by atoms with Gasteiger partial charge in [0.05, 0.1) is 18.2 Å². The summed E-state index contributed by atoms with van der Waals surface area (Å²) < 4.78 is 27.1. The van der Waals surface area contributed by atoms with Crippen LogP contribution in [0.1, 0.15) is 27.6 Å². The minimum Gasteiger partial charge on any atom is -0.507 e. The van der Waals surface area contributed by atoms with E-state index in [0.29, 0.717) is 5.56 Å². The number of halogens is 2. The van der Waals surface area contributed by atoms with Crippen LogP contribution in [0.3, 0.4) is 0 Å². The zero-order valence-electron chi connectivity index (χ0n) is 15.9. The second-order valence-electron chi connectivity index (χ2n) is 7.05. The molecule has 1 saturated heterocycles. The van der Waals surface area contributed by atoms with Gasteiger partial charge in [-0.05, 0) is 42.1 Å². The van der Waals surface area contributed by atoms with Gasteiger partial charge in [0.25, 0.3) is 11.7 Å². The molecule has 7 heteroatoms. The Kier molecular flexibility index (Phi) is 5.22. The van der Waals surface area contributed by atoms with E-state index in [-0.39, 0.29) is 17.7 Å². The van der Waals surface area contributed by atoms with Gasteiger partial charge < -0.3 is 10.0 Å². The molecule has 1 atom stereocenters. The molecule has 1 aromatic heterocycles. The molecule has 4 nitrogen and oxygen atoms in total. The van der Waals surface area contributed by atoms with Crippen LogP contribution in [0.15, 0.2) is 65.6 Å². The monoisotopic (exact) mass is 425 g/mol. The molecule has 1 unspecified atom stereocenters. The molecule has 30 heavy (non-hydrogen) atoms. The molecule has 1 amide bonds. The van der Waals surface area contributed by atoms with Crippen molar-refractivity contribution >= 4 is 28.8 Å². The van der Waals surface area contributed by atoms with Gasteiger partial charge >= 0.3 is 0 Å². The molecular formula is C23H17F2NO3S. The molecule has 1 N–H and O–H groups in total. The molecule has 2 heterocycles. The van der Waals surface area contributed by atoms with Crippen LogP contribution in [0.25, 0.3) is 5.76 Å². The van der Waals surface area contributed by atoms with Gasteiger partial charge in [0.1, 0.15) is 5.76 Å². The number of nitrogens with zero attached hydrogens (tertiary/aromatic N) is 1. The molecule has 0 saturated carbocycles. The van der Waals surface area contributed by atoms with Gasteiger partial charge in [-0.25, -0.2) is 8.78 Å². The second kappa shape index (κ2) is 7.84. The van der Waals surface area contributed by atoms with Crippen molar-refractivity contribution in [3.8, 4) is 0 Å². The predicted molar refractivity (Wildman–Crippen MR) is 110 cm³/mol. The molecule has 1 aliphatic heterocycles. The second-order valence-corrected chi connectivity index (χ2v) is 8.08. The summed E-state index contributed by atoms with van der Waals surface area (Å²) in [5.41, 5.74) is 1.42. The highest BCUT2D eigenvalue weighted by molar-refractivity contribution is 7.09. The van der Waals surface area contributed by atoms with Crippen molar-refractivity contribution in [1.82, 2.24) is 4.90 Å². The molecule has 0 spiro atoms. The highest BCUT2D eigenvalue weighted by Crippen LogP contribution is 2.40. The van der Waals surface area contributed by atoms with Gasteiger partial charge in [-0.15, -0.1) is 11.3 Å². The zero-order chi connectivity index (χ0) is 21.4. The minimum absolute atomic E-state index is 0.0693. The first-order chi connectivity index (χ1) is 14.4. The first kappa shape index (κ1) is 20.0. The number of amides is 1. The Morgan fingerprint density at radius 3 is 2.43 bits per heavy atom. The third-order valence-corrected chi connectivity index (χ3v) is 5.89. The number of Topliss-reactive ketones (excluding diaryl/α,β-unsaturated/α-hetero) is 1. The van der Waals surface area contributed by atoms with Crippen LogP contribution < -0.4 is 0 Å². The molecule has 0 aliphatic carbocycles. The average Bonchev–Trinajstić information content (AvgIpc) is 3.33. The fraction of sp³-hybridized carbons (Fsp3) is 0.130. The van der Waals surface area contributed by atoms with Crippen molar-refractivity contribution in [2.75, 3.05) is 0 Å². The fourth-order valence-corrected chi connectivity index (χ4v) is 4.21. The maximum Gasteiger partial charge on any atom is 0.295 e. The lowest BCUT2D eigenvalue weighted by Gasteiger charge is -2.25. The number of rotatable bonds is 4. The summed E-state index contributed by atoms with van der Waals surface area (Å²) in [7, 11) is 0. The molecule has 0 bridgehead atoms. The van der Waals surface area contributed by atoms with Crippen LogP contribution in [0.5, 0.6) is 0 Å². The number of aliphatic hydroxyl groups is 1. The van der Waals surface area contributed by atoms with E-state index in [1.165, 1.54) is 22.3 Å². The van der Waals surface area contributed by atoms with E-state index in [2.05, 4.69) is 0 Å². The Morgan fingerprint density at radius 1 is 1.07 bits per heavy atom. The number of ketones is 1. The number of likely N-dealkylation sites (tertiary alicyclic amines) is 1. The summed E-state index contributed by atoms with van der Waals surface area (Å²) in [6.07, 6.45) is 0. The number of benzene rings is 2. The van der Waals surface area contributed by atoms with E-state index >= 15 is 0 Å². The molecule has 0 radical (unpaired) electrons. The summed E-state index contributed by atoms with van der Waals surface area (Å²) in [5.74, 6) is -4.37. The van der Waals surface area contributed by atoms with Gasteiger partial charge in [0.2, 0.25) is 0 Å². The third-order valence-electron chi connectivity index (χ3n) is 5.03. The normalized spacial score (nSPS) is 18.2. The number of aliphatic hydroxyl groups excluding tert-OH is 1. The maximum absolute atomic E-state index is 13.7. The van der Waals surface area contributed by atoms with Gasteiger partial charge in [0.15, 0.2) is 11.6 Å². The van der Waals surface area contributed by atoms with E-state index in [0.717, 1.165) is 22.6 Å². The van der Waals surface area contributed by atoms with Crippen LogP contribution in [-0.4, -0.2) is 21.7 Å². The summed E-state index contributed by atoms with van der Waals surface area (Å²) in [4.78, 5) is 28.0. The Bertz CT molecular complexity index is 1150. The lowest BCUT2D eigenvalue weighted by atomic mass is 9.94. The molecule has 1 fully saturated rings. The van der Waals surface area contributed by atoms with Crippen molar-refractivity contribution < 1.29 is 23.5 Å². The van der Waals surface area contributed by atoms with Gasteiger partial charge in [0, 0.05) is 10.4 Å². The Morgan fingerprint density at radius 2 is 1.80 bits per heavy atom. The van der Waals surface area contributed by atoms with Crippen molar-refractivity contribution in [3.05, 3.63) is 98.8 Å². The third kappa shape index (κ3) is 3.52. The minimum atomic E-state index is -1.15. The van der Waals surface area contributed by atoms with E-state index in [1.807, 2.05) is 36.6 Å². The van der Waals surface area contributed by atoms with Crippen molar-refractivity contribution in [2.45, 2.75) is 19.5 Å². The van der Waals surface area contributed by atoms with Crippen molar-refractivity contribution in [2.24, 2.45) is 0 Å². The zero-order valence-corrected chi connectivity index (χ0v) is 16.7. The standard InChI is InChI=1S/C23H17F2NO3S/c1-13-4-6-14(7-5-13)20-19(21(27)15-8-9-17(24)18(25)11-15)22(28)23(29)26(20)12-16-3-2-10-30-16/h2-11,20,27H,12H2,1H3/b21-19+. The highest BCUT2D eigenvalue weighted by Gasteiger charge is 2.46. The van der Waals surface area contributed by atoms with Crippen molar-refractivity contribution in [3.63, 3.8) is 0 Å². The lowest BCUT2D eigenvalue weighted by Crippen LogP contribution is -2.28. The van der Waals surface area contributed by atoms with E-state index in [4.69, 9.17) is 0 Å².